The van der Waals surface area contributed by atoms with Crippen molar-refractivity contribution in [3.05, 3.63) is 5.82 Å². The van der Waals surface area contributed by atoms with E-state index < -0.39 is 0 Å². The Balaban J connectivity index is 1.70. The number of nitrogens with one attached hydrogen (secondary N) is 2. The molecular formula is C11H19N5. The Hall–Kier alpha value is -1.10. The van der Waals surface area contributed by atoms with E-state index in [1.54, 1.807) is 0 Å². The van der Waals surface area contributed by atoms with Gasteiger partial charge in [0.15, 0.2) is 0 Å². The second-order valence-corrected chi connectivity index (χ2v) is 4.95. The van der Waals surface area contributed by atoms with Gasteiger partial charge in [0.1, 0.15) is 5.82 Å². The number of H-pyrrole nitrogens is 1. The highest BCUT2D eigenvalue weighted by molar-refractivity contribution is 5.30. The molecule has 3 rings (SSSR count). The third kappa shape index (κ3) is 1.80. The van der Waals surface area contributed by atoms with Crippen LogP contribution >= 0.6 is 0 Å². The summed E-state index contributed by atoms with van der Waals surface area (Å²) in [7, 11) is 0. The Morgan fingerprint density at radius 2 is 2.25 bits per heavy atom. The van der Waals surface area contributed by atoms with Crippen LogP contribution in [0.2, 0.25) is 0 Å². The van der Waals surface area contributed by atoms with Crippen LogP contribution in [0.1, 0.15) is 37.9 Å². The number of anilines is 1. The first-order valence-corrected chi connectivity index (χ1v) is 6.23. The minimum Gasteiger partial charge on any atom is -0.337 e. The lowest BCUT2D eigenvalue weighted by Gasteiger charge is -2.30. The first-order valence-electron chi connectivity index (χ1n) is 6.23. The maximum atomic E-state index is 4.62. The van der Waals surface area contributed by atoms with Crippen molar-refractivity contribution in [2.24, 2.45) is 0 Å². The topological polar surface area (TPSA) is 56.8 Å². The highest BCUT2D eigenvalue weighted by atomic mass is 15.4. The third-order valence-electron chi connectivity index (χ3n) is 3.63. The summed E-state index contributed by atoms with van der Waals surface area (Å²) in [5.41, 5.74) is 0. The molecule has 2 aliphatic rings. The van der Waals surface area contributed by atoms with Crippen molar-refractivity contribution < 1.29 is 0 Å². The molecule has 0 radical (unpaired) electrons. The van der Waals surface area contributed by atoms with Gasteiger partial charge < -0.3 is 10.2 Å². The normalized spacial score (nSPS) is 26.8. The number of hydrogen-bond donors (Lipinski definition) is 2. The lowest BCUT2D eigenvalue weighted by molar-refractivity contribution is 0.402. The molecule has 1 atom stereocenters. The molecule has 0 spiro atoms. The van der Waals surface area contributed by atoms with Gasteiger partial charge in [0.25, 0.3) is 0 Å². The van der Waals surface area contributed by atoms with E-state index in [-0.39, 0.29) is 0 Å². The highest BCUT2D eigenvalue weighted by Gasteiger charge is 2.25. The van der Waals surface area contributed by atoms with Gasteiger partial charge in [-0.15, -0.1) is 5.10 Å². The summed E-state index contributed by atoms with van der Waals surface area (Å²) in [5, 5.41) is 10.9. The molecule has 5 heteroatoms. The lowest BCUT2D eigenvalue weighted by atomic mass is 9.85. The molecule has 1 saturated heterocycles. The molecule has 0 unspecified atom stereocenters. The van der Waals surface area contributed by atoms with E-state index in [0.29, 0.717) is 12.0 Å². The molecule has 2 fully saturated rings. The van der Waals surface area contributed by atoms with Gasteiger partial charge in [0.05, 0.1) is 0 Å². The monoisotopic (exact) mass is 221 g/mol. The van der Waals surface area contributed by atoms with Crippen molar-refractivity contribution >= 4 is 5.95 Å². The van der Waals surface area contributed by atoms with Crippen LogP contribution in [-0.2, 0) is 0 Å². The summed E-state index contributed by atoms with van der Waals surface area (Å²) in [5.74, 6) is 2.62. The molecule has 1 aromatic rings. The number of aromatic nitrogens is 3. The van der Waals surface area contributed by atoms with Crippen LogP contribution in [0.25, 0.3) is 0 Å². The molecule has 2 heterocycles. The zero-order valence-electron chi connectivity index (χ0n) is 9.74. The van der Waals surface area contributed by atoms with E-state index in [4.69, 9.17) is 0 Å². The first kappa shape index (κ1) is 10.1. The Morgan fingerprint density at radius 3 is 2.94 bits per heavy atom. The smallest absolute Gasteiger partial charge is 0.244 e. The van der Waals surface area contributed by atoms with Gasteiger partial charge in [-0.2, -0.15) is 4.98 Å². The van der Waals surface area contributed by atoms with Crippen LogP contribution in [0, 0.1) is 0 Å². The zero-order valence-corrected chi connectivity index (χ0v) is 9.74. The molecule has 0 bridgehead atoms. The van der Waals surface area contributed by atoms with Crippen molar-refractivity contribution in [3.8, 4) is 0 Å². The van der Waals surface area contributed by atoms with Crippen LogP contribution in [0.5, 0.6) is 0 Å². The predicted molar refractivity (Wildman–Crippen MR) is 62.7 cm³/mol. The summed E-state index contributed by atoms with van der Waals surface area (Å²) in [6.07, 6.45) is 3.88. The van der Waals surface area contributed by atoms with Crippen molar-refractivity contribution in [2.45, 2.75) is 38.1 Å². The number of hydrogen-bond acceptors (Lipinski definition) is 4. The van der Waals surface area contributed by atoms with E-state index in [1.165, 1.54) is 19.3 Å². The summed E-state index contributed by atoms with van der Waals surface area (Å²) in [6.45, 7) is 5.23. The third-order valence-corrected chi connectivity index (χ3v) is 3.63. The Bertz CT molecular complexity index is 357. The molecule has 0 amide bonds. The van der Waals surface area contributed by atoms with Gasteiger partial charge in [-0.3, -0.25) is 5.10 Å². The van der Waals surface area contributed by atoms with Crippen molar-refractivity contribution in [1.29, 1.82) is 0 Å². The second-order valence-electron chi connectivity index (χ2n) is 4.95. The molecular weight excluding hydrogens is 202 g/mol. The van der Waals surface area contributed by atoms with Crippen LogP contribution in [0.3, 0.4) is 0 Å². The van der Waals surface area contributed by atoms with Crippen molar-refractivity contribution in [2.75, 3.05) is 24.5 Å². The van der Waals surface area contributed by atoms with Crippen LogP contribution < -0.4 is 10.2 Å². The van der Waals surface area contributed by atoms with Crippen molar-refractivity contribution in [3.63, 3.8) is 0 Å². The number of nitrogens with zero attached hydrogens (tertiary/aromatic N) is 3. The summed E-state index contributed by atoms with van der Waals surface area (Å²) in [6, 6.07) is 0.527. The summed E-state index contributed by atoms with van der Waals surface area (Å²) < 4.78 is 0. The Kier molecular flexibility index (Phi) is 2.55. The molecule has 1 aliphatic carbocycles. The Labute approximate surface area is 95.6 Å². The van der Waals surface area contributed by atoms with Crippen LogP contribution in [0.4, 0.5) is 5.95 Å². The van der Waals surface area contributed by atoms with Crippen LogP contribution in [-0.4, -0.2) is 40.9 Å². The first-order chi connectivity index (χ1) is 7.83. The molecule has 5 nitrogen and oxygen atoms in total. The van der Waals surface area contributed by atoms with E-state index in [0.717, 1.165) is 31.4 Å². The average Bonchev–Trinajstić information content (AvgIpc) is 2.64. The average molecular weight is 221 g/mol. The molecule has 16 heavy (non-hydrogen) atoms. The molecule has 0 aromatic carbocycles. The van der Waals surface area contributed by atoms with Crippen LogP contribution in [0.15, 0.2) is 0 Å². The van der Waals surface area contributed by atoms with Gasteiger partial charge in [0, 0.05) is 31.6 Å². The van der Waals surface area contributed by atoms with Gasteiger partial charge >= 0.3 is 0 Å². The van der Waals surface area contributed by atoms with Gasteiger partial charge in [-0.1, -0.05) is 6.42 Å². The summed E-state index contributed by atoms with van der Waals surface area (Å²) >= 11 is 0. The van der Waals surface area contributed by atoms with Gasteiger partial charge in [-0.05, 0) is 19.8 Å². The van der Waals surface area contributed by atoms with E-state index in [2.05, 4.69) is 32.3 Å². The largest absolute Gasteiger partial charge is 0.337 e. The summed E-state index contributed by atoms with van der Waals surface area (Å²) in [4.78, 5) is 6.89. The van der Waals surface area contributed by atoms with Gasteiger partial charge in [-0.25, -0.2) is 0 Å². The van der Waals surface area contributed by atoms with E-state index in [9.17, 15) is 0 Å². The SMILES string of the molecule is C[C@@H]1CN(c2n[nH]c(C3CCC3)n2)CCN1. The zero-order chi connectivity index (χ0) is 11.0. The number of aromatic amines is 1. The lowest BCUT2D eigenvalue weighted by Crippen LogP contribution is -2.49. The number of piperazine rings is 1. The fourth-order valence-corrected chi connectivity index (χ4v) is 2.38. The highest BCUT2D eigenvalue weighted by Crippen LogP contribution is 2.34. The predicted octanol–water partition coefficient (Wildman–Crippen LogP) is 0.870. The Morgan fingerprint density at radius 1 is 1.38 bits per heavy atom. The fourth-order valence-electron chi connectivity index (χ4n) is 2.38. The minimum absolute atomic E-state index is 0.527. The second kappa shape index (κ2) is 4.05. The quantitative estimate of drug-likeness (QED) is 0.778. The maximum absolute atomic E-state index is 4.62. The molecule has 88 valence electrons. The molecule has 1 saturated carbocycles. The van der Waals surface area contributed by atoms with Crippen molar-refractivity contribution in [1.82, 2.24) is 20.5 Å². The molecule has 2 N–H and O–H groups in total. The fraction of sp³-hybridized carbons (Fsp3) is 0.818. The maximum Gasteiger partial charge on any atom is 0.244 e. The minimum atomic E-state index is 0.527. The molecule has 1 aromatic heterocycles. The number of rotatable bonds is 2. The van der Waals surface area contributed by atoms with E-state index >= 15 is 0 Å². The van der Waals surface area contributed by atoms with E-state index in [1.807, 2.05) is 0 Å². The molecule has 1 aliphatic heterocycles. The van der Waals surface area contributed by atoms with Gasteiger partial charge in [0.2, 0.25) is 5.95 Å². The standard InChI is InChI=1S/C11H19N5/c1-8-7-16(6-5-12-8)11-13-10(14-15-11)9-3-2-4-9/h8-9,12H,2-7H2,1H3,(H,13,14,15)/t8-/m1/s1.